The van der Waals surface area contributed by atoms with Crippen LogP contribution in [0.1, 0.15) is 78.0 Å². The molecule has 0 unspecified atom stereocenters. The quantitative estimate of drug-likeness (QED) is 0.271. The van der Waals surface area contributed by atoms with E-state index in [4.69, 9.17) is 15.2 Å². The second-order valence-corrected chi connectivity index (χ2v) is 13.1. The third-order valence-corrected chi connectivity index (χ3v) is 7.00. The molecule has 1 atom stereocenters. The number of rotatable bonds is 12. The lowest BCUT2D eigenvalue weighted by atomic mass is 9.95. The van der Waals surface area contributed by atoms with Gasteiger partial charge in [0, 0.05) is 22.0 Å². The lowest BCUT2D eigenvalue weighted by molar-refractivity contribution is -0.126. The van der Waals surface area contributed by atoms with Gasteiger partial charge in [0.15, 0.2) is 0 Å². The Morgan fingerprint density at radius 1 is 1.00 bits per heavy atom. The Morgan fingerprint density at radius 2 is 1.61 bits per heavy atom. The number of ether oxygens (including phenoxy) is 2. The number of alkyl carbamates (subject to hydrolysis) is 1. The maximum atomic E-state index is 13.2. The van der Waals surface area contributed by atoms with E-state index in [1.54, 1.807) is 20.8 Å². The van der Waals surface area contributed by atoms with Crippen LogP contribution in [0.4, 0.5) is 10.5 Å². The van der Waals surface area contributed by atoms with Crippen LogP contribution in [0.25, 0.3) is 0 Å². The molecule has 0 aliphatic heterocycles. The first-order valence-electron chi connectivity index (χ1n) is 12.9. The van der Waals surface area contributed by atoms with Gasteiger partial charge in [-0.3, -0.25) is 9.59 Å². The molecule has 0 saturated carbocycles. The maximum Gasteiger partial charge on any atom is 0.408 e. The minimum Gasteiger partial charge on any atom is -0.444 e. The second-order valence-electron chi connectivity index (χ2n) is 12.3. The molecule has 38 heavy (non-hydrogen) atoms. The summed E-state index contributed by atoms with van der Waals surface area (Å²) in [5.74, 6) is -0.692. The number of hydrogen-bond acceptors (Lipinski definition) is 6. The number of halogens is 1. The van der Waals surface area contributed by atoms with Crippen LogP contribution in [0.15, 0.2) is 10.5 Å². The van der Waals surface area contributed by atoms with E-state index < -0.39 is 29.2 Å². The number of hydrogen-bond donors (Lipinski definition) is 4. The molecule has 9 nitrogen and oxygen atoms in total. The molecule has 0 aromatic heterocycles. The predicted molar refractivity (Wildman–Crippen MR) is 155 cm³/mol. The van der Waals surface area contributed by atoms with Crippen molar-refractivity contribution in [1.82, 2.24) is 10.6 Å². The van der Waals surface area contributed by atoms with Crippen LogP contribution in [-0.4, -0.2) is 54.8 Å². The van der Waals surface area contributed by atoms with E-state index in [-0.39, 0.29) is 30.8 Å². The van der Waals surface area contributed by atoms with Gasteiger partial charge in [0.1, 0.15) is 11.6 Å². The lowest BCUT2D eigenvalue weighted by Crippen LogP contribution is -2.55. The monoisotopic (exact) mass is 598 g/mol. The van der Waals surface area contributed by atoms with E-state index in [1.165, 1.54) is 0 Å². The summed E-state index contributed by atoms with van der Waals surface area (Å²) >= 11 is 3.56. The van der Waals surface area contributed by atoms with Gasteiger partial charge in [-0.2, -0.15) is 0 Å². The molecular weight excluding hydrogens is 552 g/mol. The fraction of sp³-hybridized carbons (Fsp3) is 0.679. The van der Waals surface area contributed by atoms with Gasteiger partial charge >= 0.3 is 6.09 Å². The van der Waals surface area contributed by atoms with E-state index in [0.29, 0.717) is 13.2 Å². The van der Waals surface area contributed by atoms with Crippen LogP contribution < -0.4 is 21.7 Å². The van der Waals surface area contributed by atoms with Crippen molar-refractivity contribution >= 4 is 39.5 Å². The molecule has 1 aromatic carbocycles. The molecule has 0 aliphatic carbocycles. The van der Waals surface area contributed by atoms with Gasteiger partial charge < -0.3 is 31.2 Å². The largest absolute Gasteiger partial charge is 0.444 e. The van der Waals surface area contributed by atoms with Crippen LogP contribution >= 0.6 is 15.9 Å². The predicted octanol–water partition coefficient (Wildman–Crippen LogP) is 4.88. The number of amides is 3. The van der Waals surface area contributed by atoms with Gasteiger partial charge in [0.25, 0.3) is 0 Å². The summed E-state index contributed by atoms with van der Waals surface area (Å²) in [5, 5.41) is 8.51. The topological polar surface area (TPSA) is 132 Å². The summed E-state index contributed by atoms with van der Waals surface area (Å²) in [5.41, 5.74) is 7.80. The molecule has 3 amide bonds. The van der Waals surface area contributed by atoms with Crippen molar-refractivity contribution in [2.45, 2.75) is 99.3 Å². The number of carbonyl (C=O) groups is 3. The fourth-order valence-electron chi connectivity index (χ4n) is 3.65. The molecule has 5 N–H and O–H groups in total. The van der Waals surface area contributed by atoms with Crippen LogP contribution in [0.2, 0.25) is 0 Å². The van der Waals surface area contributed by atoms with Crippen molar-refractivity contribution in [1.29, 1.82) is 0 Å². The zero-order chi connectivity index (χ0) is 29.5. The number of nitrogens with one attached hydrogen (secondary N) is 3. The highest BCUT2D eigenvalue weighted by atomic mass is 79.9. The Hall–Kier alpha value is -2.17. The van der Waals surface area contributed by atoms with E-state index >= 15 is 0 Å². The molecule has 1 aromatic rings. The fourth-order valence-corrected chi connectivity index (χ4v) is 3.96. The van der Waals surface area contributed by atoms with E-state index in [0.717, 1.165) is 26.9 Å². The Morgan fingerprint density at radius 3 is 2.16 bits per heavy atom. The summed E-state index contributed by atoms with van der Waals surface area (Å²) in [6, 6.07) is 1.01. The summed E-state index contributed by atoms with van der Waals surface area (Å²) in [4.78, 5) is 38.6. The minimum absolute atomic E-state index is 0.0138. The smallest absolute Gasteiger partial charge is 0.408 e. The van der Waals surface area contributed by atoms with Crippen molar-refractivity contribution in [3.63, 3.8) is 0 Å². The normalized spacial score (nSPS) is 13.1. The molecule has 0 bridgehead atoms. The van der Waals surface area contributed by atoms with Gasteiger partial charge in [-0.05, 0) is 85.0 Å². The minimum atomic E-state index is -0.984. The summed E-state index contributed by atoms with van der Waals surface area (Å²) in [7, 11) is 0. The molecule has 0 fully saturated rings. The molecule has 1 rings (SSSR count). The van der Waals surface area contributed by atoms with Crippen molar-refractivity contribution in [2.24, 2.45) is 11.1 Å². The van der Waals surface area contributed by atoms with Gasteiger partial charge in [-0.15, -0.1) is 0 Å². The van der Waals surface area contributed by atoms with Crippen molar-refractivity contribution in [3.8, 4) is 0 Å². The summed E-state index contributed by atoms with van der Waals surface area (Å²) < 4.78 is 12.1. The first kappa shape index (κ1) is 33.9. The molecule has 10 heteroatoms. The van der Waals surface area contributed by atoms with Crippen LogP contribution in [0.3, 0.4) is 0 Å². The molecule has 0 spiro atoms. The van der Waals surface area contributed by atoms with Gasteiger partial charge in [0.05, 0.1) is 18.8 Å². The first-order chi connectivity index (χ1) is 17.3. The highest BCUT2D eigenvalue weighted by Gasteiger charge is 2.30. The zero-order valence-electron chi connectivity index (χ0n) is 24.7. The highest BCUT2D eigenvalue weighted by molar-refractivity contribution is 9.10. The van der Waals surface area contributed by atoms with Crippen LogP contribution in [-0.2, 0) is 19.1 Å². The molecule has 216 valence electrons. The number of aryl methyl sites for hydroxylation is 2. The number of carbonyl (C=O) groups excluding carboxylic acids is 3. The number of anilines is 1. The molecule has 0 saturated heterocycles. The van der Waals surface area contributed by atoms with Crippen molar-refractivity contribution in [2.75, 3.05) is 25.1 Å². The molecule has 0 heterocycles. The van der Waals surface area contributed by atoms with Crippen LogP contribution in [0, 0.1) is 26.2 Å². The second kappa shape index (κ2) is 13.8. The molecule has 0 radical (unpaired) electrons. The van der Waals surface area contributed by atoms with Crippen LogP contribution in [0.5, 0.6) is 0 Å². The number of nitrogens with two attached hydrogens (primary N) is 1. The Bertz CT molecular complexity index is 1000. The maximum absolute atomic E-state index is 13.2. The Kier molecular flexibility index (Phi) is 12.3. The average molecular weight is 600 g/mol. The van der Waals surface area contributed by atoms with Crippen molar-refractivity contribution < 1.29 is 23.9 Å². The zero-order valence-corrected chi connectivity index (χ0v) is 26.3. The number of benzene rings is 1. The SMILES string of the molecule is Cc1cc(C)c(NC(=O)CC[C@@H](NC(=O)OC(C)(C)C)C(=O)NC(C)(C)COCC(C)(C)CN)c(C)c1Br. The van der Waals surface area contributed by atoms with E-state index in [2.05, 4.69) is 31.9 Å². The van der Waals surface area contributed by atoms with E-state index in [1.807, 2.05) is 54.5 Å². The summed E-state index contributed by atoms with van der Waals surface area (Å²) in [6.07, 6.45) is -0.634. The Labute approximate surface area is 236 Å². The van der Waals surface area contributed by atoms with E-state index in [9.17, 15) is 14.4 Å². The standard InChI is InChI=1S/C28H47BrN4O5/c1-17-13-18(2)23(19(3)22(17)29)32-21(34)12-11-20(31-25(36)38-26(4,5)6)24(35)33-28(9,10)16-37-15-27(7,8)14-30/h13,20H,11-12,14-16,30H2,1-10H3,(H,31,36)(H,32,34)(H,33,35)/t20-/m1/s1. The summed E-state index contributed by atoms with van der Waals surface area (Å²) in [6.45, 7) is 19.9. The Balaban J connectivity index is 2.94. The molecule has 0 aliphatic rings. The lowest BCUT2D eigenvalue weighted by Gasteiger charge is -2.31. The third-order valence-electron chi connectivity index (χ3n) is 5.78. The highest BCUT2D eigenvalue weighted by Crippen LogP contribution is 2.31. The third kappa shape index (κ3) is 11.7. The van der Waals surface area contributed by atoms with Crippen molar-refractivity contribution in [3.05, 3.63) is 27.2 Å². The average Bonchev–Trinajstić information content (AvgIpc) is 2.76. The van der Waals surface area contributed by atoms with Gasteiger partial charge in [-0.25, -0.2) is 4.79 Å². The van der Waals surface area contributed by atoms with Gasteiger partial charge in [0.2, 0.25) is 11.8 Å². The van der Waals surface area contributed by atoms with Gasteiger partial charge in [-0.1, -0.05) is 35.8 Å². The first-order valence-corrected chi connectivity index (χ1v) is 13.7. The molecular formula is C28H47BrN4O5.